The molecular formula is C15H19OSi. The van der Waals surface area contributed by atoms with E-state index in [1.807, 2.05) is 12.1 Å². The number of ether oxygens (including phenoxy) is 1. The van der Waals surface area contributed by atoms with Crippen LogP contribution in [0, 0.1) is 18.4 Å². The fourth-order valence-electron chi connectivity index (χ4n) is 2.71. The number of hydrogen-bond donors (Lipinski definition) is 0. The molecule has 2 heteroatoms. The first kappa shape index (κ1) is 12.4. The van der Waals surface area contributed by atoms with E-state index in [1.54, 1.807) is 0 Å². The maximum Gasteiger partial charge on any atom is 0.0799 e. The van der Waals surface area contributed by atoms with Gasteiger partial charge in [-0.2, -0.15) is 0 Å². The summed E-state index contributed by atoms with van der Waals surface area (Å²) in [5, 5.41) is -0.0605. The van der Waals surface area contributed by atoms with Crippen LogP contribution < -0.4 is 0 Å². The van der Waals surface area contributed by atoms with E-state index in [-0.39, 0.29) is 5.22 Å². The molecule has 0 aromatic heterocycles. The van der Waals surface area contributed by atoms with Crippen LogP contribution in [0.2, 0.25) is 13.1 Å². The smallest absolute Gasteiger partial charge is 0.0799 e. The lowest BCUT2D eigenvalue weighted by Crippen LogP contribution is -2.45. The molecule has 1 atom stereocenters. The van der Waals surface area contributed by atoms with E-state index in [1.165, 1.54) is 18.4 Å². The molecule has 1 aromatic carbocycles. The van der Waals surface area contributed by atoms with E-state index >= 15 is 0 Å². The van der Waals surface area contributed by atoms with Crippen molar-refractivity contribution in [2.24, 2.45) is 0 Å². The van der Waals surface area contributed by atoms with Gasteiger partial charge in [0.15, 0.2) is 0 Å². The Morgan fingerprint density at radius 1 is 1.47 bits per heavy atom. The molecule has 0 spiro atoms. The van der Waals surface area contributed by atoms with Gasteiger partial charge in [0.2, 0.25) is 0 Å². The van der Waals surface area contributed by atoms with Gasteiger partial charge in [-0.05, 0) is 37.0 Å². The average Bonchev–Trinajstić information content (AvgIpc) is 2.39. The second kappa shape index (κ2) is 5.08. The predicted octanol–water partition coefficient (Wildman–Crippen LogP) is 2.89. The first-order chi connectivity index (χ1) is 8.20. The topological polar surface area (TPSA) is 9.23 Å². The molecule has 17 heavy (non-hydrogen) atoms. The number of benzene rings is 1. The van der Waals surface area contributed by atoms with Crippen LogP contribution in [0.4, 0.5) is 0 Å². The molecule has 2 rings (SSSR count). The summed E-state index contributed by atoms with van der Waals surface area (Å²) in [6.45, 7) is 5.57. The number of rotatable bonds is 2. The van der Waals surface area contributed by atoms with Crippen LogP contribution in [-0.4, -0.2) is 15.4 Å². The maximum atomic E-state index is 6.21. The fourth-order valence-corrected chi connectivity index (χ4v) is 4.82. The van der Waals surface area contributed by atoms with Crippen molar-refractivity contribution in [1.82, 2.24) is 0 Å². The summed E-state index contributed by atoms with van der Waals surface area (Å²) < 4.78 is 6.21. The highest BCUT2D eigenvalue weighted by molar-refractivity contribution is 6.59. The van der Waals surface area contributed by atoms with Gasteiger partial charge in [0.05, 0.1) is 14.0 Å². The Hall–Kier alpha value is -1.04. The molecule has 0 saturated carbocycles. The molecule has 1 heterocycles. The molecule has 1 aromatic rings. The van der Waals surface area contributed by atoms with Crippen LogP contribution in [0.5, 0.6) is 0 Å². The standard InChI is InChI=1S/C15H19OSi/c1-4-13-9-5-6-10-14(13)15(17(2)3)11-7-8-12-16-15/h1,6,9-10,17H,7-8,11-12H2,2-3H3. The van der Waals surface area contributed by atoms with Crippen molar-refractivity contribution in [1.29, 1.82) is 0 Å². The van der Waals surface area contributed by atoms with E-state index in [2.05, 4.69) is 31.1 Å². The van der Waals surface area contributed by atoms with Crippen LogP contribution >= 0.6 is 0 Å². The molecule has 0 bridgehead atoms. The van der Waals surface area contributed by atoms with Gasteiger partial charge in [-0.1, -0.05) is 31.1 Å². The summed E-state index contributed by atoms with van der Waals surface area (Å²) in [6, 6.07) is 9.03. The zero-order valence-electron chi connectivity index (χ0n) is 10.6. The monoisotopic (exact) mass is 243 g/mol. The molecule has 0 amide bonds. The minimum atomic E-state index is -0.988. The van der Waals surface area contributed by atoms with E-state index in [0.29, 0.717) is 0 Å². The molecule has 1 radical (unpaired) electrons. The lowest BCUT2D eigenvalue weighted by atomic mass is 9.96. The van der Waals surface area contributed by atoms with E-state index in [9.17, 15) is 0 Å². The van der Waals surface area contributed by atoms with Crippen molar-refractivity contribution in [2.45, 2.75) is 37.6 Å². The third-order valence-corrected chi connectivity index (χ3v) is 6.34. The quantitative estimate of drug-likeness (QED) is 0.573. The van der Waals surface area contributed by atoms with Crippen molar-refractivity contribution in [2.75, 3.05) is 6.61 Å². The molecule has 0 aliphatic carbocycles. The highest BCUT2D eigenvalue weighted by Gasteiger charge is 2.40. The first-order valence-corrected chi connectivity index (χ1v) is 9.20. The Labute approximate surface area is 106 Å². The SMILES string of the molecule is C#Cc1c[c]ccc1C1([SiH](C)C)CCCCO1. The van der Waals surface area contributed by atoms with Gasteiger partial charge in [0.1, 0.15) is 0 Å². The Balaban J connectivity index is 2.49. The normalized spacial score (nSPS) is 24.6. The molecular weight excluding hydrogens is 224 g/mol. The molecule has 1 aliphatic rings. The predicted molar refractivity (Wildman–Crippen MR) is 73.6 cm³/mol. The molecule has 1 aliphatic heterocycles. The van der Waals surface area contributed by atoms with E-state index < -0.39 is 8.80 Å². The zero-order valence-corrected chi connectivity index (χ0v) is 11.8. The van der Waals surface area contributed by atoms with Crippen LogP contribution in [0.15, 0.2) is 18.2 Å². The molecule has 1 saturated heterocycles. The van der Waals surface area contributed by atoms with Crippen LogP contribution in [0.1, 0.15) is 30.4 Å². The summed E-state index contributed by atoms with van der Waals surface area (Å²) in [5.41, 5.74) is 2.18. The van der Waals surface area contributed by atoms with Crippen molar-refractivity contribution >= 4 is 8.80 Å². The fraction of sp³-hybridized carbons (Fsp3) is 0.467. The Kier molecular flexibility index (Phi) is 3.71. The lowest BCUT2D eigenvalue weighted by molar-refractivity contribution is -0.0265. The highest BCUT2D eigenvalue weighted by Crippen LogP contribution is 2.38. The minimum absolute atomic E-state index is 0.0605. The first-order valence-electron chi connectivity index (χ1n) is 6.32. The average molecular weight is 243 g/mol. The number of terminal acetylenes is 1. The second-order valence-corrected chi connectivity index (χ2v) is 8.21. The second-order valence-electron chi connectivity index (χ2n) is 4.97. The summed E-state index contributed by atoms with van der Waals surface area (Å²) in [4.78, 5) is 0. The van der Waals surface area contributed by atoms with Crippen molar-refractivity contribution < 1.29 is 4.74 Å². The summed E-state index contributed by atoms with van der Waals surface area (Å²) in [5.74, 6) is 2.78. The summed E-state index contributed by atoms with van der Waals surface area (Å²) in [6.07, 6.45) is 9.14. The maximum absolute atomic E-state index is 6.21. The van der Waals surface area contributed by atoms with Gasteiger partial charge in [0.25, 0.3) is 0 Å². The summed E-state index contributed by atoms with van der Waals surface area (Å²) >= 11 is 0. The van der Waals surface area contributed by atoms with Gasteiger partial charge in [-0.25, -0.2) is 0 Å². The van der Waals surface area contributed by atoms with Gasteiger partial charge in [-0.15, -0.1) is 6.42 Å². The van der Waals surface area contributed by atoms with Crippen LogP contribution in [-0.2, 0) is 9.96 Å². The summed E-state index contributed by atoms with van der Waals surface area (Å²) in [7, 11) is -0.988. The van der Waals surface area contributed by atoms with Crippen molar-refractivity contribution in [3.63, 3.8) is 0 Å². The van der Waals surface area contributed by atoms with E-state index in [0.717, 1.165) is 18.6 Å². The Morgan fingerprint density at radius 3 is 2.88 bits per heavy atom. The third kappa shape index (κ3) is 2.18. The molecule has 1 unspecified atom stereocenters. The molecule has 1 nitrogen and oxygen atoms in total. The van der Waals surface area contributed by atoms with Crippen molar-refractivity contribution in [3.8, 4) is 12.3 Å². The molecule has 1 fully saturated rings. The molecule has 0 N–H and O–H groups in total. The van der Waals surface area contributed by atoms with E-state index in [4.69, 9.17) is 11.2 Å². The van der Waals surface area contributed by atoms with Crippen molar-refractivity contribution in [3.05, 3.63) is 35.4 Å². The number of hydrogen-bond acceptors (Lipinski definition) is 1. The van der Waals surface area contributed by atoms with Gasteiger partial charge >= 0.3 is 0 Å². The van der Waals surface area contributed by atoms with Crippen LogP contribution in [0.25, 0.3) is 0 Å². The third-order valence-electron chi connectivity index (χ3n) is 3.71. The minimum Gasteiger partial charge on any atom is -0.374 e. The van der Waals surface area contributed by atoms with Gasteiger partial charge in [-0.3, -0.25) is 0 Å². The van der Waals surface area contributed by atoms with Crippen LogP contribution in [0.3, 0.4) is 0 Å². The lowest BCUT2D eigenvalue weighted by Gasteiger charge is -2.41. The molecule has 89 valence electrons. The Morgan fingerprint density at radius 2 is 2.29 bits per heavy atom. The zero-order chi connectivity index (χ0) is 12.3. The van der Waals surface area contributed by atoms with Gasteiger partial charge in [0, 0.05) is 12.2 Å². The highest BCUT2D eigenvalue weighted by atomic mass is 28.3. The Bertz CT molecular complexity index is 425. The van der Waals surface area contributed by atoms with Gasteiger partial charge < -0.3 is 4.74 Å². The largest absolute Gasteiger partial charge is 0.374 e.